The van der Waals surface area contributed by atoms with Gasteiger partial charge in [0.15, 0.2) is 0 Å². The number of carbonyl (C=O) groups is 1. The molecule has 1 aliphatic carbocycles. The van der Waals surface area contributed by atoms with Gasteiger partial charge in [0.25, 0.3) is 10.0 Å². The summed E-state index contributed by atoms with van der Waals surface area (Å²) < 4.78 is 34.3. The Labute approximate surface area is 176 Å². The number of thiophene rings is 1. The normalized spacial score (nSPS) is 21.0. The minimum absolute atomic E-state index is 0.0530. The Kier molecular flexibility index (Phi) is 4.32. The lowest BCUT2D eigenvalue weighted by molar-refractivity contribution is -0.140. The van der Waals surface area contributed by atoms with Gasteiger partial charge in [-0.25, -0.2) is 8.42 Å². The molecule has 2 atom stereocenters. The molecule has 0 spiro atoms. The van der Waals surface area contributed by atoms with E-state index >= 15 is 0 Å². The van der Waals surface area contributed by atoms with E-state index in [0.29, 0.717) is 10.6 Å². The van der Waals surface area contributed by atoms with Crippen molar-refractivity contribution in [2.45, 2.75) is 22.1 Å². The number of para-hydroxylation sites is 1. The number of carboxylic acid groups (broad SMARTS) is 1. The molecule has 0 radical (unpaired) electrons. The Balaban J connectivity index is 1.43. The van der Waals surface area contributed by atoms with Gasteiger partial charge >= 0.3 is 5.97 Å². The Morgan fingerprint density at radius 1 is 1.07 bits per heavy atom. The van der Waals surface area contributed by atoms with Gasteiger partial charge in [-0.3, -0.25) is 4.79 Å². The third kappa shape index (κ3) is 3.13. The summed E-state index contributed by atoms with van der Waals surface area (Å²) in [6, 6.07) is 21.6. The molecule has 0 unspecified atom stereocenters. The number of aliphatic carboxylic acids is 1. The SMILES string of the molecule is O=C(O)[C@]1(NS(=O)(=O)c2ccc(-c3cc4ccccc4o3)s2)C[C@H]1c1ccccc1. The Morgan fingerprint density at radius 2 is 1.80 bits per heavy atom. The molecule has 8 heteroatoms. The summed E-state index contributed by atoms with van der Waals surface area (Å²) in [6.07, 6.45) is 0.216. The first-order chi connectivity index (χ1) is 14.4. The average molecular weight is 440 g/mol. The molecular weight excluding hydrogens is 422 g/mol. The number of hydrogen-bond acceptors (Lipinski definition) is 5. The van der Waals surface area contributed by atoms with Gasteiger partial charge in [-0.15, -0.1) is 11.3 Å². The second-order valence-electron chi connectivity index (χ2n) is 7.32. The van der Waals surface area contributed by atoms with Crippen LogP contribution in [0.5, 0.6) is 0 Å². The lowest BCUT2D eigenvalue weighted by Crippen LogP contribution is -2.44. The Bertz CT molecular complexity index is 1320. The van der Waals surface area contributed by atoms with Crippen molar-refractivity contribution in [1.82, 2.24) is 4.72 Å². The number of nitrogens with one attached hydrogen (secondary N) is 1. The fourth-order valence-electron chi connectivity index (χ4n) is 3.73. The lowest BCUT2D eigenvalue weighted by Gasteiger charge is -2.14. The number of hydrogen-bond donors (Lipinski definition) is 2. The fourth-order valence-corrected chi connectivity index (χ4v) is 6.40. The largest absolute Gasteiger partial charge is 0.480 e. The van der Waals surface area contributed by atoms with Crippen molar-refractivity contribution in [3.8, 4) is 10.6 Å². The standard InChI is InChI=1S/C22H17NO5S2/c24-21(25)22(13-16(22)14-6-2-1-3-7-14)23-30(26,27)20-11-10-19(29-20)18-12-15-8-4-5-9-17(15)28-18/h1-12,16,23H,13H2,(H,24,25)/t16-,22-/m0/s1. The molecule has 5 rings (SSSR count). The van der Waals surface area contributed by atoms with E-state index in [-0.39, 0.29) is 10.6 Å². The van der Waals surface area contributed by atoms with Crippen LogP contribution < -0.4 is 4.72 Å². The van der Waals surface area contributed by atoms with Crippen molar-refractivity contribution in [3.63, 3.8) is 0 Å². The van der Waals surface area contributed by atoms with Crippen molar-refractivity contribution >= 4 is 38.3 Å². The second kappa shape index (κ2) is 6.80. The first-order valence-electron chi connectivity index (χ1n) is 9.30. The van der Waals surface area contributed by atoms with Crippen molar-refractivity contribution < 1.29 is 22.7 Å². The molecule has 2 aromatic carbocycles. The van der Waals surface area contributed by atoms with E-state index in [4.69, 9.17) is 4.42 Å². The quantitative estimate of drug-likeness (QED) is 0.463. The summed E-state index contributed by atoms with van der Waals surface area (Å²) in [5, 5.41) is 10.7. The van der Waals surface area contributed by atoms with Crippen LogP contribution in [-0.2, 0) is 14.8 Å². The van der Waals surface area contributed by atoms with Crippen LogP contribution in [-0.4, -0.2) is 25.0 Å². The molecule has 0 saturated heterocycles. The van der Waals surface area contributed by atoms with E-state index in [9.17, 15) is 18.3 Å². The van der Waals surface area contributed by atoms with E-state index < -0.39 is 27.4 Å². The number of fused-ring (bicyclic) bond motifs is 1. The molecule has 30 heavy (non-hydrogen) atoms. The van der Waals surface area contributed by atoms with Crippen molar-refractivity contribution in [2.75, 3.05) is 0 Å². The zero-order valence-corrected chi connectivity index (χ0v) is 17.2. The maximum Gasteiger partial charge on any atom is 0.325 e. The number of carboxylic acids is 1. The highest BCUT2D eigenvalue weighted by atomic mass is 32.2. The molecule has 0 bridgehead atoms. The van der Waals surface area contributed by atoms with Gasteiger partial charge in [0.2, 0.25) is 0 Å². The van der Waals surface area contributed by atoms with E-state index in [1.807, 2.05) is 60.7 Å². The van der Waals surface area contributed by atoms with Gasteiger partial charge in [0.05, 0.1) is 4.88 Å². The van der Waals surface area contributed by atoms with E-state index in [1.54, 1.807) is 6.07 Å². The molecular formula is C22H17NO5S2. The molecule has 1 fully saturated rings. The van der Waals surface area contributed by atoms with Crippen LogP contribution in [0, 0.1) is 0 Å². The van der Waals surface area contributed by atoms with Gasteiger partial charge < -0.3 is 9.52 Å². The highest BCUT2D eigenvalue weighted by Gasteiger charge is 2.63. The van der Waals surface area contributed by atoms with Crippen LogP contribution in [0.3, 0.4) is 0 Å². The zero-order chi connectivity index (χ0) is 20.9. The molecule has 2 N–H and O–H groups in total. The number of sulfonamides is 1. The molecule has 2 heterocycles. The second-order valence-corrected chi connectivity index (χ2v) is 10.3. The number of furan rings is 1. The van der Waals surface area contributed by atoms with Gasteiger partial charge in [-0.2, -0.15) is 4.72 Å². The molecule has 1 aliphatic rings. The summed E-state index contributed by atoms with van der Waals surface area (Å²) in [6.45, 7) is 0. The van der Waals surface area contributed by atoms with Crippen molar-refractivity contribution in [3.05, 3.63) is 78.4 Å². The van der Waals surface area contributed by atoms with Gasteiger partial charge in [-0.1, -0.05) is 48.5 Å². The average Bonchev–Trinajstić information content (AvgIpc) is 3.09. The summed E-state index contributed by atoms with van der Waals surface area (Å²) >= 11 is 1.05. The molecule has 1 saturated carbocycles. The summed E-state index contributed by atoms with van der Waals surface area (Å²) in [5.74, 6) is -1.00. The highest BCUT2D eigenvalue weighted by molar-refractivity contribution is 7.91. The molecule has 0 amide bonds. The summed E-state index contributed by atoms with van der Waals surface area (Å²) in [5.41, 5.74) is -0.00217. The van der Waals surface area contributed by atoms with Crippen molar-refractivity contribution in [1.29, 1.82) is 0 Å². The van der Waals surface area contributed by atoms with Gasteiger partial charge in [0, 0.05) is 11.3 Å². The van der Waals surface area contributed by atoms with E-state index in [0.717, 1.165) is 27.9 Å². The van der Waals surface area contributed by atoms with Gasteiger partial charge in [-0.05, 0) is 36.2 Å². The van der Waals surface area contributed by atoms with Crippen LogP contribution in [0.4, 0.5) is 0 Å². The first-order valence-corrected chi connectivity index (χ1v) is 11.6. The summed E-state index contributed by atoms with van der Waals surface area (Å²) in [4.78, 5) is 12.6. The Hall–Kier alpha value is -2.94. The van der Waals surface area contributed by atoms with Crippen molar-refractivity contribution in [2.24, 2.45) is 0 Å². The van der Waals surface area contributed by atoms with Gasteiger partial charge in [0.1, 0.15) is 21.1 Å². The first kappa shape index (κ1) is 19.0. The predicted octanol–water partition coefficient (Wildman–Crippen LogP) is 4.45. The van der Waals surface area contributed by atoms with Crippen LogP contribution in [0.2, 0.25) is 0 Å². The Morgan fingerprint density at radius 3 is 2.53 bits per heavy atom. The highest BCUT2D eigenvalue weighted by Crippen LogP contribution is 2.52. The third-order valence-corrected chi connectivity index (χ3v) is 8.48. The third-order valence-electron chi connectivity index (χ3n) is 5.38. The number of benzene rings is 2. The monoisotopic (exact) mass is 439 g/mol. The van der Waals surface area contributed by atoms with E-state index in [2.05, 4.69) is 4.72 Å². The lowest BCUT2D eigenvalue weighted by atomic mass is 10.1. The predicted molar refractivity (Wildman–Crippen MR) is 114 cm³/mol. The van der Waals surface area contributed by atoms with Crippen LogP contribution in [0.15, 0.2) is 81.4 Å². The van der Waals surface area contributed by atoms with Crippen LogP contribution >= 0.6 is 11.3 Å². The summed E-state index contributed by atoms with van der Waals surface area (Å²) in [7, 11) is -4.01. The molecule has 152 valence electrons. The van der Waals surface area contributed by atoms with Crippen LogP contribution in [0.1, 0.15) is 17.9 Å². The number of rotatable bonds is 6. The minimum atomic E-state index is -4.01. The topological polar surface area (TPSA) is 96.6 Å². The minimum Gasteiger partial charge on any atom is -0.480 e. The maximum absolute atomic E-state index is 13.0. The smallest absolute Gasteiger partial charge is 0.325 e. The van der Waals surface area contributed by atoms with E-state index in [1.165, 1.54) is 6.07 Å². The fraction of sp³-hybridized carbons (Fsp3) is 0.136. The molecule has 4 aromatic rings. The zero-order valence-electron chi connectivity index (χ0n) is 15.6. The molecule has 0 aliphatic heterocycles. The molecule has 2 aromatic heterocycles. The molecule has 6 nitrogen and oxygen atoms in total. The maximum atomic E-state index is 13.0. The van der Waals surface area contributed by atoms with Crippen LogP contribution in [0.25, 0.3) is 21.6 Å².